The monoisotopic (exact) mass is 412 g/mol. The molecule has 1 unspecified atom stereocenters. The molecule has 0 spiro atoms. The molecule has 0 aliphatic carbocycles. The molecule has 0 aliphatic rings. The second kappa shape index (κ2) is 12.1. The summed E-state index contributed by atoms with van der Waals surface area (Å²) in [7, 11) is 0. The Morgan fingerprint density at radius 2 is 1.63 bits per heavy atom. The van der Waals surface area contributed by atoms with Crippen LogP contribution in [0.15, 0.2) is 48.5 Å². The Labute approximate surface area is 179 Å². The second-order valence-corrected chi connectivity index (χ2v) is 7.70. The second-order valence-electron chi connectivity index (χ2n) is 7.70. The highest BCUT2D eigenvalue weighted by molar-refractivity contribution is 5.87. The highest BCUT2D eigenvalue weighted by Gasteiger charge is 2.28. The van der Waals surface area contributed by atoms with Crippen molar-refractivity contribution in [3.8, 4) is 0 Å². The van der Waals surface area contributed by atoms with Crippen LogP contribution >= 0.6 is 0 Å². The molecule has 0 heterocycles. The molecule has 2 amide bonds. The van der Waals surface area contributed by atoms with Gasteiger partial charge in [0.25, 0.3) is 0 Å². The number of hydrogen-bond acceptors (Lipinski definition) is 2. The SMILES string of the molecule is CCCCNC(=O)C(CC)N(Cc1ccc(F)cc1)C(=O)CCc1ccc(C)cc1. The molecule has 0 aliphatic heterocycles. The zero-order valence-electron chi connectivity index (χ0n) is 18.3. The summed E-state index contributed by atoms with van der Waals surface area (Å²) >= 11 is 0. The molecular formula is C25H33FN2O2. The minimum Gasteiger partial charge on any atom is -0.354 e. The van der Waals surface area contributed by atoms with Gasteiger partial charge in [-0.3, -0.25) is 9.59 Å². The Morgan fingerprint density at radius 3 is 2.23 bits per heavy atom. The van der Waals surface area contributed by atoms with Gasteiger partial charge in [-0.25, -0.2) is 4.39 Å². The fourth-order valence-electron chi connectivity index (χ4n) is 3.36. The molecule has 1 N–H and O–H groups in total. The highest BCUT2D eigenvalue weighted by atomic mass is 19.1. The van der Waals surface area contributed by atoms with Crippen LogP contribution in [0.3, 0.4) is 0 Å². The average molecular weight is 413 g/mol. The molecule has 0 fully saturated rings. The Balaban J connectivity index is 2.15. The van der Waals surface area contributed by atoms with E-state index in [1.807, 2.05) is 38.1 Å². The van der Waals surface area contributed by atoms with Crippen molar-refractivity contribution in [2.45, 2.75) is 65.5 Å². The van der Waals surface area contributed by atoms with Gasteiger partial charge < -0.3 is 10.2 Å². The van der Waals surface area contributed by atoms with E-state index < -0.39 is 6.04 Å². The number of benzene rings is 2. The number of amides is 2. The van der Waals surface area contributed by atoms with Crippen LogP contribution in [0.1, 0.15) is 56.2 Å². The minimum absolute atomic E-state index is 0.0719. The summed E-state index contributed by atoms with van der Waals surface area (Å²) in [6.07, 6.45) is 3.36. The molecule has 162 valence electrons. The van der Waals surface area contributed by atoms with Gasteiger partial charge in [0.15, 0.2) is 0 Å². The van der Waals surface area contributed by atoms with Gasteiger partial charge in [-0.05, 0) is 49.4 Å². The van der Waals surface area contributed by atoms with Crippen LogP contribution in [0.5, 0.6) is 0 Å². The van der Waals surface area contributed by atoms with Gasteiger partial charge in [-0.2, -0.15) is 0 Å². The zero-order chi connectivity index (χ0) is 21.9. The summed E-state index contributed by atoms with van der Waals surface area (Å²) in [6.45, 7) is 6.90. The number of rotatable bonds is 11. The number of nitrogens with zero attached hydrogens (tertiary/aromatic N) is 1. The molecule has 0 bridgehead atoms. The molecule has 30 heavy (non-hydrogen) atoms. The molecule has 4 nitrogen and oxygen atoms in total. The van der Waals surface area contributed by atoms with Crippen LogP contribution in [0.4, 0.5) is 4.39 Å². The lowest BCUT2D eigenvalue weighted by Crippen LogP contribution is -2.49. The topological polar surface area (TPSA) is 49.4 Å². The van der Waals surface area contributed by atoms with Crippen molar-refractivity contribution in [1.82, 2.24) is 10.2 Å². The van der Waals surface area contributed by atoms with Crippen molar-refractivity contribution in [2.24, 2.45) is 0 Å². The summed E-state index contributed by atoms with van der Waals surface area (Å²) in [5.41, 5.74) is 3.08. The molecular weight excluding hydrogens is 379 g/mol. The Morgan fingerprint density at radius 1 is 1.00 bits per heavy atom. The lowest BCUT2D eigenvalue weighted by atomic mass is 10.0. The Hall–Kier alpha value is -2.69. The van der Waals surface area contributed by atoms with Crippen LogP contribution in [0.2, 0.25) is 0 Å². The van der Waals surface area contributed by atoms with Crippen LogP contribution in [0, 0.1) is 12.7 Å². The van der Waals surface area contributed by atoms with Gasteiger partial charge in [0.05, 0.1) is 0 Å². The molecule has 1 atom stereocenters. The fourth-order valence-corrected chi connectivity index (χ4v) is 3.36. The van der Waals surface area contributed by atoms with E-state index in [2.05, 4.69) is 12.2 Å². The first kappa shape index (κ1) is 23.6. The Bertz CT molecular complexity index is 803. The molecule has 5 heteroatoms. The van der Waals surface area contributed by atoms with Crippen molar-refractivity contribution in [1.29, 1.82) is 0 Å². The van der Waals surface area contributed by atoms with Crippen molar-refractivity contribution >= 4 is 11.8 Å². The maximum atomic E-state index is 13.3. The first-order valence-corrected chi connectivity index (χ1v) is 10.8. The van der Waals surface area contributed by atoms with Crippen molar-refractivity contribution in [2.75, 3.05) is 6.54 Å². The van der Waals surface area contributed by atoms with Gasteiger partial charge in [0, 0.05) is 19.5 Å². The fraction of sp³-hybridized carbons (Fsp3) is 0.440. The van der Waals surface area contributed by atoms with E-state index in [0.717, 1.165) is 24.0 Å². The van der Waals surface area contributed by atoms with E-state index in [9.17, 15) is 14.0 Å². The molecule has 0 radical (unpaired) electrons. The van der Waals surface area contributed by atoms with Crippen molar-refractivity contribution in [3.63, 3.8) is 0 Å². The molecule has 2 aromatic rings. The van der Waals surface area contributed by atoms with E-state index >= 15 is 0 Å². The number of carbonyl (C=O) groups is 2. The molecule has 2 rings (SSSR count). The number of nitrogens with one attached hydrogen (secondary N) is 1. The number of carbonyl (C=O) groups excluding carboxylic acids is 2. The maximum Gasteiger partial charge on any atom is 0.242 e. The summed E-state index contributed by atoms with van der Waals surface area (Å²) in [5.74, 6) is -0.519. The van der Waals surface area contributed by atoms with E-state index in [4.69, 9.17) is 0 Å². The molecule has 2 aromatic carbocycles. The lowest BCUT2D eigenvalue weighted by Gasteiger charge is -2.31. The van der Waals surface area contributed by atoms with Gasteiger partial charge in [-0.15, -0.1) is 0 Å². The minimum atomic E-state index is -0.544. The average Bonchev–Trinajstić information content (AvgIpc) is 2.74. The van der Waals surface area contributed by atoms with E-state index in [-0.39, 0.29) is 24.2 Å². The molecule has 0 saturated heterocycles. The van der Waals surface area contributed by atoms with Gasteiger partial charge >= 0.3 is 0 Å². The van der Waals surface area contributed by atoms with E-state index in [0.29, 0.717) is 25.8 Å². The highest BCUT2D eigenvalue weighted by Crippen LogP contribution is 2.16. The number of unbranched alkanes of at least 4 members (excludes halogenated alkanes) is 1. The van der Waals surface area contributed by atoms with Crippen molar-refractivity contribution < 1.29 is 14.0 Å². The van der Waals surface area contributed by atoms with Crippen LogP contribution in [-0.4, -0.2) is 29.3 Å². The number of hydrogen-bond donors (Lipinski definition) is 1. The first-order valence-electron chi connectivity index (χ1n) is 10.8. The molecule has 0 saturated carbocycles. The maximum absolute atomic E-state index is 13.3. The summed E-state index contributed by atoms with van der Waals surface area (Å²) in [5, 5.41) is 2.95. The van der Waals surface area contributed by atoms with Gasteiger partial charge in [0.2, 0.25) is 11.8 Å². The summed E-state index contributed by atoms with van der Waals surface area (Å²) < 4.78 is 13.3. The van der Waals surface area contributed by atoms with Crippen LogP contribution < -0.4 is 5.32 Å². The normalized spacial score (nSPS) is 11.7. The largest absolute Gasteiger partial charge is 0.354 e. The summed E-state index contributed by atoms with van der Waals surface area (Å²) in [4.78, 5) is 27.6. The molecule has 0 aromatic heterocycles. The van der Waals surface area contributed by atoms with Crippen molar-refractivity contribution in [3.05, 3.63) is 71.0 Å². The quantitative estimate of drug-likeness (QED) is 0.540. The number of aryl methyl sites for hydroxylation is 2. The third-order valence-electron chi connectivity index (χ3n) is 5.23. The van der Waals surface area contributed by atoms with Gasteiger partial charge in [-0.1, -0.05) is 62.2 Å². The first-order chi connectivity index (χ1) is 14.4. The predicted molar refractivity (Wildman–Crippen MR) is 118 cm³/mol. The lowest BCUT2D eigenvalue weighted by molar-refractivity contribution is -0.141. The van der Waals surface area contributed by atoms with Crippen LogP contribution in [-0.2, 0) is 22.6 Å². The zero-order valence-corrected chi connectivity index (χ0v) is 18.3. The summed E-state index contributed by atoms with van der Waals surface area (Å²) in [6, 6.07) is 13.7. The van der Waals surface area contributed by atoms with Crippen LogP contribution in [0.25, 0.3) is 0 Å². The van der Waals surface area contributed by atoms with Gasteiger partial charge in [0.1, 0.15) is 11.9 Å². The number of halogens is 1. The van der Waals surface area contributed by atoms with E-state index in [1.165, 1.54) is 17.7 Å². The third kappa shape index (κ3) is 7.29. The predicted octanol–water partition coefficient (Wildman–Crippen LogP) is 4.79. The standard InChI is InChI=1S/C25H33FN2O2/c1-4-6-17-27-25(30)23(5-2)28(18-21-11-14-22(26)15-12-21)24(29)16-13-20-9-7-19(3)8-10-20/h7-12,14-15,23H,4-6,13,16-18H2,1-3H3,(H,27,30). The smallest absolute Gasteiger partial charge is 0.242 e. The Kier molecular flexibility index (Phi) is 9.52. The van der Waals surface area contributed by atoms with E-state index in [1.54, 1.807) is 17.0 Å². The third-order valence-corrected chi connectivity index (χ3v) is 5.23.